The minimum absolute atomic E-state index is 0.188. The highest BCUT2D eigenvalue weighted by molar-refractivity contribution is 5.67. The Morgan fingerprint density at radius 1 is 1.17 bits per heavy atom. The van der Waals surface area contributed by atoms with Crippen LogP contribution in [0.15, 0.2) is 48.8 Å². The van der Waals surface area contributed by atoms with E-state index in [4.69, 9.17) is 4.74 Å². The summed E-state index contributed by atoms with van der Waals surface area (Å²) in [4.78, 5) is 24.7. The molecule has 3 rings (SSSR count). The van der Waals surface area contributed by atoms with E-state index in [1.54, 1.807) is 17.3 Å². The van der Waals surface area contributed by atoms with E-state index in [-0.39, 0.29) is 12.1 Å². The topological polar surface area (TPSA) is 58.6 Å². The number of anilines is 1. The number of carbonyl (C=O) groups is 1. The first kappa shape index (κ1) is 16.2. The lowest BCUT2D eigenvalue weighted by molar-refractivity contribution is 0.0862. The molecular formula is C18H22N4O2. The Kier molecular flexibility index (Phi) is 5.25. The fraction of sp³-hybridized carbons (Fsp3) is 0.389. The maximum Gasteiger partial charge on any atom is 0.410 e. The summed E-state index contributed by atoms with van der Waals surface area (Å²) < 4.78 is 5.40. The molecule has 1 aromatic carbocycles. The molecule has 1 aromatic heterocycles. The average molecular weight is 326 g/mol. The number of piperidine rings is 1. The largest absolute Gasteiger partial charge is 0.445 e. The molecule has 1 aliphatic rings. The summed E-state index contributed by atoms with van der Waals surface area (Å²) in [6.45, 7) is 1.98. The van der Waals surface area contributed by atoms with Crippen LogP contribution in [-0.4, -0.2) is 47.1 Å². The average Bonchev–Trinajstić information content (AvgIpc) is 2.67. The summed E-state index contributed by atoms with van der Waals surface area (Å²) in [7, 11) is 1.81. The molecule has 0 atom stereocenters. The molecule has 0 spiro atoms. The Hall–Kier alpha value is -2.63. The molecule has 0 aliphatic carbocycles. The minimum Gasteiger partial charge on any atom is -0.445 e. The number of aromatic nitrogens is 2. The van der Waals surface area contributed by atoms with Crippen LogP contribution < -0.4 is 4.90 Å². The lowest BCUT2D eigenvalue weighted by Gasteiger charge is -2.36. The van der Waals surface area contributed by atoms with E-state index in [1.807, 2.05) is 43.4 Å². The summed E-state index contributed by atoms with van der Waals surface area (Å²) >= 11 is 0. The van der Waals surface area contributed by atoms with Crippen molar-refractivity contribution >= 4 is 12.0 Å². The van der Waals surface area contributed by atoms with Crippen molar-refractivity contribution < 1.29 is 9.53 Å². The van der Waals surface area contributed by atoms with Crippen LogP contribution >= 0.6 is 0 Å². The third-order valence-corrected chi connectivity index (χ3v) is 4.34. The van der Waals surface area contributed by atoms with Crippen LogP contribution in [0.1, 0.15) is 18.4 Å². The Bertz CT molecular complexity index is 643. The second-order valence-corrected chi connectivity index (χ2v) is 5.92. The molecule has 2 aromatic rings. The van der Waals surface area contributed by atoms with Gasteiger partial charge >= 0.3 is 6.09 Å². The van der Waals surface area contributed by atoms with Gasteiger partial charge in [-0.3, -0.25) is 0 Å². The zero-order chi connectivity index (χ0) is 16.8. The lowest BCUT2D eigenvalue weighted by atomic mass is 10.0. The van der Waals surface area contributed by atoms with Gasteiger partial charge in [0.1, 0.15) is 6.61 Å². The number of hydrogen-bond donors (Lipinski definition) is 0. The number of rotatable bonds is 4. The van der Waals surface area contributed by atoms with Crippen LogP contribution in [0.4, 0.5) is 10.7 Å². The zero-order valence-electron chi connectivity index (χ0n) is 13.8. The van der Waals surface area contributed by atoms with Gasteiger partial charge in [-0.2, -0.15) is 0 Å². The van der Waals surface area contributed by atoms with Crippen molar-refractivity contribution in [2.45, 2.75) is 25.5 Å². The molecule has 0 unspecified atom stereocenters. The number of amides is 1. The fourth-order valence-electron chi connectivity index (χ4n) is 2.88. The fourth-order valence-corrected chi connectivity index (χ4v) is 2.88. The number of carbonyl (C=O) groups excluding carboxylic acids is 1. The monoisotopic (exact) mass is 326 g/mol. The molecule has 1 saturated heterocycles. The number of nitrogens with zero attached hydrogens (tertiary/aromatic N) is 4. The van der Waals surface area contributed by atoms with E-state index in [0.717, 1.165) is 37.4 Å². The molecule has 6 nitrogen and oxygen atoms in total. The lowest BCUT2D eigenvalue weighted by Crippen LogP contribution is -2.46. The van der Waals surface area contributed by atoms with Gasteiger partial charge in [-0.15, -0.1) is 0 Å². The predicted molar refractivity (Wildman–Crippen MR) is 91.7 cm³/mol. The van der Waals surface area contributed by atoms with E-state index >= 15 is 0 Å². The van der Waals surface area contributed by atoms with E-state index in [9.17, 15) is 4.79 Å². The first-order valence-corrected chi connectivity index (χ1v) is 8.19. The summed E-state index contributed by atoms with van der Waals surface area (Å²) in [6.07, 6.45) is 5.00. The summed E-state index contributed by atoms with van der Waals surface area (Å²) in [5.74, 6) is 0.755. The van der Waals surface area contributed by atoms with Crippen LogP contribution in [0.5, 0.6) is 0 Å². The molecule has 0 bridgehead atoms. The molecule has 0 saturated carbocycles. The molecule has 2 heterocycles. The highest BCUT2D eigenvalue weighted by Crippen LogP contribution is 2.19. The SMILES string of the molecule is CN(C(=O)OCc1ccccc1)C1CCN(c2ncccn2)CC1. The van der Waals surface area contributed by atoms with E-state index in [2.05, 4.69) is 14.9 Å². The Labute approximate surface area is 142 Å². The van der Waals surface area contributed by atoms with Crippen molar-refractivity contribution in [2.24, 2.45) is 0 Å². The van der Waals surface area contributed by atoms with Crippen LogP contribution in [0, 0.1) is 0 Å². The van der Waals surface area contributed by atoms with Crippen LogP contribution in [-0.2, 0) is 11.3 Å². The van der Waals surface area contributed by atoms with Crippen molar-refractivity contribution in [2.75, 3.05) is 25.0 Å². The van der Waals surface area contributed by atoms with Crippen molar-refractivity contribution in [1.82, 2.24) is 14.9 Å². The van der Waals surface area contributed by atoms with E-state index < -0.39 is 0 Å². The highest BCUT2D eigenvalue weighted by Gasteiger charge is 2.27. The summed E-state index contributed by atoms with van der Waals surface area (Å²) in [5.41, 5.74) is 0.996. The van der Waals surface area contributed by atoms with Gasteiger partial charge in [0.2, 0.25) is 5.95 Å². The molecule has 24 heavy (non-hydrogen) atoms. The quantitative estimate of drug-likeness (QED) is 0.864. The van der Waals surface area contributed by atoms with E-state index in [0.29, 0.717) is 6.61 Å². The standard InChI is InChI=1S/C18H22N4O2/c1-21(18(23)24-14-15-6-3-2-4-7-15)16-8-12-22(13-9-16)17-19-10-5-11-20-17/h2-7,10-11,16H,8-9,12-14H2,1H3. The number of hydrogen-bond acceptors (Lipinski definition) is 5. The minimum atomic E-state index is -0.270. The van der Waals surface area contributed by atoms with Crippen molar-refractivity contribution in [3.63, 3.8) is 0 Å². The maximum absolute atomic E-state index is 12.2. The summed E-state index contributed by atoms with van der Waals surface area (Å²) in [6, 6.07) is 11.7. The molecule has 126 valence electrons. The maximum atomic E-state index is 12.2. The number of ether oxygens (including phenoxy) is 1. The van der Waals surface area contributed by atoms with Crippen LogP contribution in [0.3, 0.4) is 0 Å². The molecular weight excluding hydrogens is 304 g/mol. The third-order valence-electron chi connectivity index (χ3n) is 4.34. The van der Waals surface area contributed by atoms with Gasteiger partial charge in [-0.1, -0.05) is 30.3 Å². The van der Waals surface area contributed by atoms with Gasteiger partial charge in [0.25, 0.3) is 0 Å². The van der Waals surface area contributed by atoms with Gasteiger partial charge < -0.3 is 14.5 Å². The Morgan fingerprint density at radius 2 is 1.83 bits per heavy atom. The molecule has 1 amide bonds. The van der Waals surface area contributed by atoms with Gasteiger partial charge in [0.15, 0.2) is 0 Å². The van der Waals surface area contributed by atoms with Gasteiger partial charge in [-0.05, 0) is 24.5 Å². The molecule has 0 N–H and O–H groups in total. The van der Waals surface area contributed by atoms with Crippen molar-refractivity contribution in [3.8, 4) is 0 Å². The second kappa shape index (κ2) is 7.77. The molecule has 1 aliphatic heterocycles. The third kappa shape index (κ3) is 4.01. The summed E-state index contributed by atoms with van der Waals surface area (Å²) in [5, 5.41) is 0. The van der Waals surface area contributed by atoms with Gasteiger partial charge in [0.05, 0.1) is 0 Å². The first-order chi connectivity index (χ1) is 11.7. The molecule has 0 radical (unpaired) electrons. The Morgan fingerprint density at radius 3 is 2.50 bits per heavy atom. The van der Waals surface area contributed by atoms with Crippen molar-refractivity contribution in [1.29, 1.82) is 0 Å². The predicted octanol–water partition coefficient (Wildman–Crippen LogP) is 2.71. The normalized spacial score (nSPS) is 15.1. The van der Waals surface area contributed by atoms with E-state index in [1.165, 1.54) is 0 Å². The Balaban J connectivity index is 1.47. The first-order valence-electron chi connectivity index (χ1n) is 8.19. The smallest absolute Gasteiger partial charge is 0.410 e. The van der Waals surface area contributed by atoms with Crippen LogP contribution in [0.25, 0.3) is 0 Å². The van der Waals surface area contributed by atoms with Gasteiger partial charge in [-0.25, -0.2) is 14.8 Å². The zero-order valence-corrected chi connectivity index (χ0v) is 13.8. The molecule has 1 fully saturated rings. The number of benzene rings is 1. The van der Waals surface area contributed by atoms with Crippen molar-refractivity contribution in [3.05, 3.63) is 54.4 Å². The molecule has 6 heteroatoms. The van der Waals surface area contributed by atoms with Crippen LogP contribution in [0.2, 0.25) is 0 Å². The van der Waals surface area contributed by atoms with Gasteiger partial charge in [0, 0.05) is 38.6 Å². The highest BCUT2D eigenvalue weighted by atomic mass is 16.6. The second-order valence-electron chi connectivity index (χ2n) is 5.92.